The predicted molar refractivity (Wildman–Crippen MR) is 98.1 cm³/mol. The Morgan fingerprint density at radius 2 is 1.54 bits per heavy atom. The maximum atomic E-state index is 12.5. The average Bonchev–Trinajstić information content (AvgIpc) is 3.15. The predicted octanol–water partition coefficient (Wildman–Crippen LogP) is 2.53. The number of rotatable bonds is 4. The molecule has 0 unspecified atom stereocenters. The molecule has 1 aliphatic heterocycles. The van der Waals surface area contributed by atoms with Gasteiger partial charge in [0.1, 0.15) is 11.4 Å². The summed E-state index contributed by atoms with van der Waals surface area (Å²) < 4.78 is 0. The van der Waals surface area contributed by atoms with E-state index < -0.39 is 5.91 Å². The molecule has 2 aromatic rings. The molecule has 0 atom stereocenters. The maximum absolute atomic E-state index is 12.5. The van der Waals surface area contributed by atoms with E-state index in [-0.39, 0.29) is 23.2 Å². The Hall–Kier alpha value is -3.22. The van der Waals surface area contributed by atoms with Crippen molar-refractivity contribution in [1.82, 2.24) is 9.88 Å². The molecule has 0 spiro atoms. The lowest BCUT2D eigenvalue weighted by molar-refractivity contribution is -0.114. The molecule has 2 heterocycles. The lowest BCUT2D eigenvalue weighted by Gasteiger charge is -2.14. The number of anilines is 2. The molecular formula is C19H20N4O3. The number of carbonyl (C=O) groups is 3. The summed E-state index contributed by atoms with van der Waals surface area (Å²) in [6, 6.07) is 11.6. The third kappa shape index (κ3) is 4.24. The summed E-state index contributed by atoms with van der Waals surface area (Å²) in [5, 5.41) is 5.39. The number of carbonyl (C=O) groups excluding carboxylic acids is 3. The van der Waals surface area contributed by atoms with Gasteiger partial charge in [0, 0.05) is 31.4 Å². The number of benzene rings is 1. The highest BCUT2D eigenvalue weighted by Crippen LogP contribution is 2.16. The van der Waals surface area contributed by atoms with Crippen LogP contribution in [-0.2, 0) is 4.79 Å². The van der Waals surface area contributed by atoms with Gasteiger partial charge >= 0.3 is 0 Å². The van der Waals surface area contributed by atoms with Gasteiger partial charge in [-0.05, 0) is 43.2 Å². The van der Waals surface area contributed by atoms with Crippen molar-refractivity contribution in [2.45, 2.75) is 19.8 Å². The largest absolute Gasteiger partial charge is 0.337 e. The van der Waals surface area contributed by atoms with Crippen LogP contribution in [0, 0.1) is 0 Å². The van der Waals surface area contributed by atoms with Crippen LogP contribution < -0.4 is 10.6 Å². The van der Waals surface area contributed by atoms with Gasteiger partial charge in [0.25, 0.3) is 11.8 Å². The zero-order valence-electron chi connectivity index (χ0n) is 14.5. The van der Waals surface area contributed by atoms with Gasteiger partial charge in [-0.2, -0.15) is 0 Å². The molecule has 1 aromatic carbocycles. The fourth-order valence-corrected chi connectivity index (χ4v) is 2.84. The van der Waals surface area contributed by atoms with E-state index in [0.717, 1.165) is 25.9 Å². The van der Waals surface area contributed by atoms with Crippen molar-refractivity contribution in [3.63, 3.8) is 0 Å². The van der Waals surface area contributed by atoms with E-state index in [0.29, 0.717) is 11.4 Å². The zero-order chi connectivity index (χ0) is 18.5. The van der Waals surface area contributed by atoms with E-state index in [4.69, 9.17) is 0 Å². The second kappa shape index (κ2) is 7.77. The quantitative estimate of drug-likeness (QED) is 0.884. The molecule has 7 nitrogen and oxygen atoms in total. The van der Waals surface area contributed by atoms with Gasteiger partial charge in [0.2, 0.25) is 5.91 Å². The van der Waals surface area contributed by atoms with Crippen LogP contribution in [-0.4, -0.2) is 40.7 Å². The number of amides is 3. The van der Waals surface area contributed by atoms with Crippen LogP contribution in [0.15, 0.2) is 42.5 Å². The minimum Gasteiger partial charge on any atom is -0.337 e. The third-order valence-corrected chi connectivity index (χ3v) is 4.03. The Morgan fingerprint density at radius 3 is 2.23 bits per heavy atom. The zero-order valence-corrected chi connectivity index (χ0v) is 14.5. The number of aromatic nitrogens is 1. The molecule has 1 aromatic heterocycles. The molecule has 26 heavy (non-hydrogen) atoms. The van der Waals surface area contributed by atoms with Gasteiger partial charge in [-0.25, -0.2) is 4.98 Å². The van der Waals surface area contributed by atoms with Gasteiger partial charge in [-0.1, -0.05) is 12.1 Å². The molecule has 7 heteroatoms. The van der Waals surface area contributed by atoms with Gasteiger partial charge < -0.3 is 15.5 Å². The normalized spacial score (nSPS) is 13.3. The van der Waals surface area contributed by atoms with E-state index in [1.807, 2.05) is 0 Å². The van der Waals surface area contributed by atoms with Crippen LogP contribution in [0.5, 0.6) is 0 Å². The highest BCUT2D eigenvalue weighted by molar-refractivity contribution is 6.04. The number of likely N-dealkylation sites (tertiary alicyclic amines) is 1. The van der Waals surface area contributed by atoms with Crippen LogP contribution >= 0.6 is 0 Å². The van der Waals surface area contributed by atoms with Crippen molar-refractivity contribution < 1.29 is 14.4 Å². The summed E-state index contributed by atoms with van der Waals surface area (Å²) in [5.41, 5.74) is 1.55. The topological polar surface area (TPSA) is 91.4 Å². The van der Waals surface area contributed by atoms with Crippen molar-refractivity contribution >= 4 is 29.1 Å². The van der Waals surface area contributed by atoms with Gasteiger partial charge in [-0.15, -0.1) is 0 Å². The molecule has 1 saturated heterocycles. The Kier molecular flexibility index (Phi) is 5.26. The lowest BCUT2D eigenvalue weighted by atomic mass is 10.2. The van der Waals surface area contributed by atoms with Crippen LogP contribution in [0.25, 0.3) is 0 Å². The Morgan fingerprint density at radius 1 is 0.923 bits per heavy atom. The highest BCUT2D eigenvalue weighted by Gasteiger charge is 2.21. The Balaban J connectivity index is 1.73. The molecule has 134 valence electrons. The number of hydrogen-bond acceptors (Lipinski definition) is 4. The van der Waals surface area contributed by atoms with Gasteiger partial charge in [0.05, 0.1) is 0 Å². The smallest absolute Gasteiger partial charge is 0.274 e. The summed E-state index contributed by atoms with van der Waals surface area (Å²) in [4.78, 5) is 42.0. The lowest BCUT2D eigenvalue weighted by Crippen LogP contribution is -2.29. The molecular weight excluding hydrogens is 332 g/mol. The fourth-order valence-electron chi connectivity index (χ4n) is 2.84. The molecule has 1 aliphatic rings. The van der Waals surface area contributed by atoms with Crippen molar-refractivity contribution in [3.05, 3.63) is 53.9 Å². The van der Waals surface area contributed by atoms with Crippen molar-refractivity contribution in [2.24, 2.45) is 0 Å². The summed E-state index contributed by atoms with van der Waals surface area (Å²) in [7, 11) is 0. The summed E-state index contributed by atoms with van der Waals surface area (Å²) in [6.45, 7) is 2.87. The fraction of sp³-hybridized carbons (Fsp3) is 0.263. The highest BCUT2D eigenvalue weighted by atomic mass is 16.2. The Labute approximate surface area is 151 Å². The van der Waals surface area contributed by atoms with Crippen LogP contribution in [0.3, 0.4) is 0 Å². The molecule has 2 N–H and O–H groups in total. The average molecular weight is 352 g/mol. The first-order chi connectivity index (χ1) is 12.5. The first-order valence-electron chi connectivity index (χ1n) is 8.48. The van der Waals surface area contributed by atoms with E-state index in [9.17, 15) is 14.4 Å². The summed E-state index contributed by atoms with van der Waals surface area (Å²) >= 11 is 0. The monoisotopic (exact) mass is 352 g/mol. The van der Waals surface area contributed by atoms with E-state index in [2.05, 4.69) is 15.6 Å². The summed E-state index contributed by atoms with van der Waals surface area (Å²) in [5.74, 6) is -0.755. The van der Waals surface area contributed by atoms with Crippen molar-refractivity contribution in [1.29, 1.82) is 0 Å². The minimum atomic E-state index is -0.416. The number of nitrogens with one attached hydrogen (secondary N) is 2. The molecule has 3 rings (SSSR count). The minimum absolute atomic E-state index is 0.148. The second-order valence-electron chi connectivity index (χ2n) is 6.12. The SMILES string of the molecule is CC(=O)Nc1cccc(NC(=O)c2cccc(C(=O)N3CCCC3)n2)c1. The second-order valence-corrected chi connectivity index (χ2v) is 6.12. The van der Waals surface area contributed by atoms with Gasteiger partial charge in [-0.3, -0.25) is 14.4 Å². The molecule has 0 radical (unpaired) electrons. The van der Waals surface area contributed by atoms with Crippen LogP contribution in [0.1, 0.15) is 40.7 Å². The van der Waals surface area contributed by atoms with Crippen molar-refractivity contribution in [3.8, 4) is 0 Å². The standard InChI is InChI=1S/C19H20N4O3/c1-13(24)20-14-6-4-7-15(12-14)21-18(25)16-8-5-9-17(22-16)19(26)23-10-2-3-11-23/h4-9,12H,2-3,10-11H2,1H3,(H,20,24)(H,21,25). The first-order valence-corrected chi connectivity index (χ1v) is 8.48. The van der Waals surface area contributed by atoms with E-state index in [1.165, 1.54) is 6.92 Å². The number of nitrogens with zero attached hydrogens (tertiary/aromatic N) is 2. The van der Waals surface area contributed by atoms with Crippen molar-refractivity contribution in [2.75, 3.05) is 23.7 Å². The first kappa shape index (κ1) is 17.6. The molecule has 3 amide bonds. The van der Waals surface area contributed by atoms with E-state index in [1.54, 1.807) is 47.4 Å². The van der Waals surface area contributed by atoms with Crippen LogP contribution in [0.4, 0.5) is 11.4 Å². The van der Waals surface area contributed by atoms with Gasteiger partial charge in [0.15, 0.2) is 0 Å². The molecule has 0 saturated carbocycles. The summed E-state index contributed by atoms with van der Waals surface area (Å²) in [6.07, 6.45) is 1.99. The van der Waals surface area contributed by atoms with Crippen LogP contribution in [0.2, 0.25) is 0 Å². The molecule has 1 fully saturated rings. The Bertz CT molecular complexity index is 844. The van der Waals surface area contributed by atoms with E-state index >= 15 is 0 Å². The maximum Gasteiger partial charge on any atom is 0.274 e. The third-order valence-electron chi connectivity index (χ3n) is 4.03. The molecule has 0 aliphatic carbocycles. The number of pyridine rings is 1. The number of hydrogen-bond donors (Lipinski definition) is 2. The molecule has 0 bridgehead atoms.